The maximum Gasteiger partial charge on any atom is 0.460 e. The van der Waals surface area contributed by atoms with Gasteiger partial charge in [0, 0.05) is 6.07 Å². The van der Waals surface area contributed by atoms with Gasteiger partial charge in [-0.05, 0) is 0 Å². The minimum atomic E-state index is -6.85. The van der Waals surface area contributed by atoms with Gasteiger partial charge >= 0.3 is 18.0 Å². The summed E-state index contributed by atoms with van der Waals surface area (Å²) in [6.45, 7) is 0. The van der Waals surface area contributed by atoms with Crippen molar-refractivity contribution in [3.63, 3.8) is 0 Å². The molecule has 11 heteroatoms. The fourth-order valence-corrected chi connectivity index (χ4v) is 1.07. The SMILES string of the molecule is Fc1[c]c(C(F)(F)C(F)(F)C(F)(F)F)c(F)c(F)c1F. The Kier molecular flexibility index (Phi) is 3.70. The van der Waals surface area contributed by atoms with E-state index in [0.717, 1.165) is 0 Å². The standard InChI is InChI=1S/C9F11/c10-3-1-2(4(11)6(13)5(3)12)7(14,15)8(16,17)9(18,19)20. The number of hydrogen-bond acceptors (Lipinski definition) is 0. The molecule has 0 unspecified atom stereocenters. The molecule has 0 saturated heterocycles. The predicted molar refractivity (Wildman–Crippen MR) is 40.0 cm³/mol. The molecule has 0 atom stereocenters. The fraction of sp³-hybridized carbons (Fsp3) is 0.333. The summed E-state index contributed by atoms with van der Waals surface area (Å²) in [7, 11) is 0. The lowest BCUT2D eigenvalue weighted by Crippen LogP contribution is -2.50. The number of halogens is 11. The molecule has 113 valence electrons. The number of alkyl halides is 7. The van der Waals surface area contributed by atoms with Crippen LogP contribution in [0, 0.1) is 29.3 Å². The summed E-state index contributed by atoms with van der Waals surface area (Å²) < 4.78 is 137. The third-order valence-corrected chi connectivity index (χ3v) is 2.10. The monoisotopic (exact) mass is 317 g/mol. The molecule has 1 rings (SSSR count). The van der Waals surface area contributed by atoms with Gasteiger partial charge in [0.05, 0.1) is 5.56 Å². The van der Waals surface area contributed by atoms with Crippen molar-refractivity contribution in [3.8, 4) is 0 Å². The van der Waals surface area contributed by atoms with Gasteiger partial charge in [-0.15, -0.1) is 0 Å². The van der Waals surface area contributed by atoms with Gasteiger partial charge in [-0.1, -0.05) is 0 Å². The van der Waals surface area contributed by atoms with E-state index in [1.54, 1.807) is 0 Å². The minimum Gasteiger partial charge on any atom is -0.203 e. The highest BCUT2D eigenvalue weighted by molar-refractivity contribution is 5.27. The van der Waals surface area contributed by atoms with Crippen LogP contribution in [0.3, 0.4) is 0 Å². The highest BCUT2D eigenvalue weighted by Crippen LogP contribution is 2.52. The minimum absolute atomic E-state index is 0.317. The molecule has 1 radical (unpaired) electrons. The van der Waals surface area contributed by atoms with Gasteiger partial charge in [-0.2, -0.15) is 30.7 Å². The first-order chi connectivity index (χ1) is 8.75. The van der Waals surface area contributed by atoms with Crippen molar-refractivity contribution in [2.24, 2.45) is 0 Å². The van der Waals surface area contributed by atoms with Gasteiger partial charge in [-0.3, -0.25) is 0 Å². The molecule has 0 bridgehead atoms. The lowest BCUT2D eigenvalue weighted by molar-refractivity contribution is -0.360. The molecule has 0 aromatic heterocycles. The molecule has 0 aliphatic rings. The lowest BCUT2D eigenvalue weighted by atomic mass is 10.0. The van der Waals surface area contributed by atoms with E-state index in [1.807, 2.05) is 0 Å². The quantitative estimate of drug-likeness (QED) is 0.433. The molecular formula is C9F11. The summed E-state index contributed by atoms with van der Waals surface area (Å²) >= 11 is 0. The molecule has 0 spiro atoms. The molecular weight excluding hydrogens is 317 g/mol. The Bertz CT molecular complexity index is 528. The second-order valence-electron chi connectivity index (χ2n) is 3.40. The molecule has 0 fully saturated rings. The highest BCUT2D eigenvalue weighted by atomic mass is 19.4. The van der Waals surface area contributed by atoms with Crippen LogP contribution in [0.4, 0.5) is 48.3 Å². The molecule has 1 aromatic rings. The van der Waals surface area contributed by atoms with E-state index in [4.69, 9.17) is 0 Å². The third kappa shape index (κ3) is 2.18. The maximum absolute atomic E-state index is 13.0. The Morgan fingerprint density at radius 3 is 1.50 bits per heavy atom. The van der Waals surface area contributed by atoms with Crippen LogP contribution in [-0.2, 0) is 5.92 Å². The van der Waals surface area contributed by atoms with Crippen LogP contribution in [0.2, 0.25) is 0 Å². The van der Waals surface area contributed by atoms with Crippen LogP contribution in [0.25, 0.3) is 0 Å². The zero-order valence-electron chi connectivity index (χ0n) is 8.66. The van der Waals surface area contributed by atoms with Crippen molar-refractivity contribution >= 4 is 0 Å². The van der Waals surface area contributed by atoms with E-state index in [-0.39, 0.29) is 0 Å². The third-order valence-electron chi connectivity index (χ3n) is 2.10. The van der Waals surface area contributed by atoms with E-state index >= 15 is 0 Å². The lowest BCUT2D eigenvalue weighted by Gasteiger charge is -2.28. The molecule has 1 aromatic carbocycles. The van der Waals surface area contributed by atoms with E-state index in [0.29, 0.717) is 6.07 Å². The van der Waals surface area contributed by atoms with Crippen LogP contribution in [-0.4, -0.2) is 12.1 Å². The van der Waals surface area contributed by atoms with Gasteiger partial charge in [0.25, 0.3) is 0 Å². The van der Waals surface area contributed by atoms with Crippen LogP contribution in [0.1, 0.15) is 5.56 Å². The summed E-state index contributed by atoms with van der Waals surface area (Å²) in [5.41, 5.74) is -3.07. The molecule has 0 nitrogen and oxygen atoms in total. The van der Waals surface area contributed by atoms with Crippen molar-refractivity contribution in [2.75, 3.05) is 0 Å². The fourth-order valence-electron chi connectivity index (χ4n) is 1.07. The van der Waals surface area contributed by atoms with E-state index in [1.165, 1.54) is 0 Å². The summed E-state index contributed by atoms with van der Waals surface area (Å²) in [5, 5.41) is 0. The summed E-state index contributed by atoms with van der Waals surface area (Å²) in [6.07, 6.45) is -6.85. The number of rotatable bonds is 2. The second-order valence-corrected chi connectivity index (χ2v) is 3.40. The topological polar surface area (TPSA) is 0 Å². The molecule has 0 saturated carbocycles. The zero-order valence-corrected chi connectivity index (χ0v) is 8.66. The van der Waals surface area contributed by atoms with Crippen molar-refractivity contribution in [2.45, 2.75) is 18.0 Å². The second kappa shape index (κ2) is 4.48. The van der Waals surface area contributed by atoms with Gasteiger partial charge in [0.15, 0.2) is 23.3 Å². The van der Waals surface area contributed by atoms with Crippen molar-refractivity contribution in [3.05, 3.63) is 34.9 Å². The Morgan fingerprint density at radius 1 is 0.650 bits per heavy atom. The van der Waals surface area contributed by atoms with Crippen molar-refractivity contribution in [1.82, 2.24) is 0 Å². The molecule has 0 amide bonds. The van der Waals surface area contributed by atoms with Crippen LogP contribution >= 0.6 is 0 Å². The molecule has 20 heavy (non-hydrogen) atoms. The number of benzene rings is 1. The Hall–Kier alpha value is -1.55. The number of hydrogen-bond donors (Lipinski definition) is 0. The normalized spacial score (nSPS) is 13.8. The van der Waals surface area contributed by atoms with E-state index in [9.17, 15) is 48.3 Å². The van der Waals surface area contributed by atoms with Gasteiger partial charge < -0.3 is 0 Å². The van der Waals surface area contributed by atoms with Crippen molar-refractivity contribution < 1.29 is 48.3 Å². The van der Waals surface area contributed by atoms with Gasteiger partial charge in [0.2, 0.25) is 0 Å². The summed E-state index contributed by atoms with van der Waals surface area (Å²) in [5.74, 6) is -24.7. The first-order valence-corrected chi connectivity index (χ1v) is 4.33. The Morgan fingerprint density at radius 2 is 1.10 bits per heavy atom. The average Bonchev–Trinajstić information content (AvgIpc) is 2.29. The van der Waals surface area contributed by atoms with Crippen LogP contribution in [0.15, 0.2) is 0 Å². The highest BCUT2D eigenvalue weighted by Gasteiger charge is 2.74. The van der Waals surface area contributed by atoms with Gasteiger partial charge in [0.1, 0.15) is 0 Å². The maximum atomic E-state index is 13.0. The first kappa shape index (κ1) is 16.5. The van der Waals surface area contributed by atoms with Gasteiger partial charge in [-0.25, -0.2) is 17.6 Å². The van der Waals surface area contributed by atoms with Crippen molar-refractivity contribution in [1.29, 1.82) is 0 Å². The predicted octanol–water partition coefficient (Wildman–Crippen LogP) is 4.33. The first-order valence-electron chi connectivity index (χ1n) is 4.33. The summed E-state index contributed by atoms with van der Waals surface area (Å²) in [6, 6.07) is 0.317. The Labute approximate surface area is 102 Å². The van der Waals surface area contributed by atoms with Crippen LogP contribution in [0.5, 0.6) is 0 Å². The van der Waals surface area contributed by atoms with E-state index in [2.05, 4.69) is 0 Å². The summed E-state index contributed by atoms with van der Waals surface area (Å²) in [4.78, 5) is 0. The molecule has 0 N–H and O–H groups in total. The molecule has 0 aliphatic carbocycles. The molecule has 0 aliphatic heterocycles. The zero-order chi connectivity index (χ0) is 16.1. The van der Waals surface area contributed by atoms with Crippen LogP contribution < -0.4 is 0 Å². The smallest absolute Gasteiger partial charge is 0.203 e. The molecule has 0 heterocycles. The Balaban J connectivity index is 3.60. The van der Waals surface area contributed by atoms with E-state index < -0.39 is 46.9 Å². The largest absolute Gasteiger partial charge is 0.460 e. The average molecular weight is 317 g/mol.